The van der Waals surface area contributed by atoms with Crippen LogP contribution in [0.2, 0.25) is 0 Å². The predicted molar refractivity (Wildman–Crippen MR) is 59.0 cm³/mol. The summed E-state index contributed by atoms with van der Waals surface area (Å²) < 4.78 is 5.54. The maximum absolute atomic E-state index is 5.54. The van der Waals surface area contributed by atoms with Gasteiger partial charge in [0.1, 0.15) is 0 Å². The molecule has 1 heteroatoms. The Morgan fingerprint density at radius 3 is 2.08 bits per heavy atom. The topological polar surface area (TPSA) is 12.5 Å². The largest absolute Gasteiger partial charge is 0.366 e. The molecule has 0 bridgehead atoms. The highest BCUT2D eigenvalue weighted by Crippen LogP contribution is 2.48. The maximum Gasteiger partial charge on any atom is 0.0920 e. The fourth-order valence-corrected chi connectivity index (χ4v) is 1.82. The molecule has 2 rings (SSSR count). The molecule has 1 nitrogen and oxygen atoms in total. The van der Waals surface area contributed by atoms with Crippen LogP contribution in [0, 0.1) is 5.92 Å². The van der Waals surface area contributed by atoms with Crippen molar-refractivity contribution in [3.8, 4) is 0 Å². The fourth-order valence-electron chi connectivity index (χ4n) is 1.82. The third kappa shape index (κ3) is 3.30. The van der Waals surface area contributed by atoms with E-state index < -0.39 is 0 Å². The fraction of sp³-hybridized carbons (Fsp3) is 1.00. The number of epoxide rings is 1. The van der Waals surface area contributed by atoms with E-state index in [9.17, 15) is 0 Å². The Morgan fingerprint density at radius 1 is 1.15 bits per heavy atom. The Kier molecular flexibility index (Phi) is 5.62. The second-order valence-electron chi connectivity index (χ2n) is 3.80. The van der Waals surface area contributed by atoms with Crippen LogP contribution in [0.15, 0.2) is 0 Å². The Labute approximate surface area is 83.9 Å². The normalized spacial score (nSPS) is 40.2. The van der Waals surface area contributed by atoms with Gasteiger partial charge in [0.15, 0.2) is 0 Å². The quantitative estimate of drug-likeness (QED) is 0.521. The summed E-state index contributed by atoms with van der Waals surface area (Å²) in [6.07, 6.45) is 4.59. The molecule has 0 N–H and O–H groups in total. The zero-order valence-corrected chi connectivity index (χ0v) is 10.2. The lowest BCUT2D eigenvalue weighted by Gasteiger charge is -2.17. The van der Waals surface area contributed by atoms with Gasteiger partial charge in [-0.2, -0.15) is 0 Å². The van der Waals surface area contributed by atoms with E-state index in [0.717, 1.165) is 5.92 Å². The third-order valence-electron chi connectivity index (χ3n) is 2.79. The smallest absolute Gasteiger partial charge is 0.0920 e. The molecule has 2 fully saturated rings. The van der Waals surface area contributed by atoms with Crippen LogP contribution in [0.25, 0.3) is 0 Å². The molecule has 1 aliphatic heterocycles. The average Bonchev–Trinajstić information content (AvgIpc) is 2.83. The molecule has 1 heterocycles. The lowest BCUT2D eigenvalue weighted by atomic mass is 9.84. The second-order valence-corrected chi connectivity index (χ2v) is 3.80. The first-order valence-corrected chi connectivity index (χ1v) is 5.88. The Bertz CT molecular complexity index is 133. The van der Waals surface area contributed by atoms with Crippen LogP contribution < -0.4 is 0 Å². The van der Waals surface area contributed by atoms with Gasteiger partial charge < -0.3 is 4.74 Å². The molecule has 0 aromatic heterocycles. The molecule has 13 heavy (non-hydrogen) atoms. The van der Waals surface area contributed by atoms with Crippen molar-refractivity contribution in [1.82, 2.24) is 0 Å². The van der Waals surface area contributed by atoms with Crippen molar-refractivity contribution in [2.45, 2.75) is 72.5 Å². The minimum absolute atomic E-state index is 0.326. The van der Waals surface area contributed by atoms with E-state index in [1.54, 1.807) is 0 Å². The molecule has 1 saturated carbocycles. The zero-order valence-electron chi connectivity index (χ0n) is 10.2. The molecule has 0 aromatic rings. The van der Waals surface area contributed by atoms with E-state index in [-0.39, 0.29) is 0 Å². The maximum atomic E-state index is 5.54. The lowest BCUT2D eigenvalue weighted by Crippen LogP contribution is -2.19. The summed E-state index contributed by atoms with van der Waals surface area (Å²) in [6.45, 7) is 12.6. The molecule has 80 valence electrons. The Hall–Kier alpha value is -0.0400. The third-order valence-corrected chi connectivity index (χ3v) is 2.79. The summed E-state index contributed by atoms with van der Waals surface area (Å²) in [6, 6.07) is 0. The molecule has 0 amide bonds. The summed E-state index contributed by atoms with van der Waals surface area (Å²) in [4.78, 5) is 0. The van der Waals surface area contributed by atoms with Crippen molar-refractivity contribution in [1.29, 1.82) is 0 Å². The van der Waals surface area contributed by atoms with Gasteiger partial charge in [-0.15, -0.1) is 0 Å². The van der Waals surface area contributed by atoms with Crippen LogP contribution in [0.3, 0.4) is 0 Å². The van der Waals surface area contributed by atoms with Crippen LogP contribution >= 0.6 is 0 Å². The van der Waals surface area contributed by atoms with Gasteiger partial charge >= 0.3 is 0 Å². The predicted octanol–water partition coefficient (Wildman–Crippen LogP) is 4.02. The minimum atomic E-state index is 0.326. The van der Waals surface area contributed by atoms with Crippen molar-refractivity contribution in [2.24, 2.45) is 5.92 Å². The number of ether oxygens (including phenoxy) is 1. The monoisotopic (exact) mass is 186 g/mol. The van der Waals surface area contributed by atoms with Gasteiger partial charge in [0.25, 0.3) is 0 Å². The van der Waals surface area contributed by atoms with E-state index in [4.69, 9.17) is 4.74 Å². The van der Waals surface area contributed by atoms with Crippen LogP contribution in [0.5, 0.6) is 0 Å². The molecule has 0 spiro atoms. The summed E-state index contributed by atoms with van der Waals surface area (Å²) in [5.74, 6) is 0.908. The summed E-state index contributed by atoms with van der Waals surface area (Å²) in [5.41, 5.74) is 0.326. The van der Waals surface area contributed by atoms with Gasteiger partial charge in [-0.05, 0) is 32.1 Å². The molecule has 0 radical (unpaired) electrons. The first-order chi connectivity index (χ1) is 6.21. The lowest BCUT2D eigenvalue weighted by molar-refractivity contribution is 0.302. The van der Waals surface area contributed by atoms with E-state index in [2.05, 4.69) is 13.8 Å². The van der Waals surface area contributed by atoms with Gasteiger partial charge in [-0.25, -0.2) is 0 Å². The highest BCUT2D eigenvalue weighted by atomic mass is 16.6. The van der Waals surface area contributed by atoms with Crippen molar-refractivity contribution in [3.05, 3.63) is 0 Å². The van der Waals surface area contributed by atoms with Gasteiger partial charge in [-0.3, -0.25) is 0 Å². The van der Waals surface area contributed by atoms with E-state index in [1.165, 1.54) is 19.3 Å². The minimum Gasteiger partial charge on any atom is -0.366 e. The molecular weight excluding hydrogens is 160 g/mol. The average molecular weight is 186 g/mol. The molecule has 1 aliphatic carbocycles. The summed E-state index contributed by atoms with van der Waals surface area (Å²) >= 11 is 0. The highest BCUT2D eigenvalue weighted by Gasteiger charge is 2.54. The second kappa shape index (κ2) is 5.64. The van der Waals surface area contributed by atoms with Crippen LogP contribution in [0.4, 0.5) is 0 Å². The van der Waals surface area contributed by atoms with Gasteiger partial charge in [-0.1, -0.05) is 34.6 Å². The zero-order chi connectivity index (χ0) is 10.5. The van der Waals surface area contributed by atoms with Gasteiger partial charge in [0, 0.05) is 0 Å². The van der Waals surface area contributed by atoms with Crippen LogP contribution in [-0.4, -0.2) is 11.7 Å². The number of hydrogen-bond donors (Lipinski definition) is 0. The number of rotatable bonds is 0. The van der Waals surface area contributed by atoms with Gasteiger partial charge in [0.2, 0.25) is 0 Å². The van der Waals surface area contributed by atoms with Crippen molar-refractivity contribution in [3.63, 3.8) is 0 Å². The molecule has 1 saturated heterocycles. The molecule has 0 aromatic carbocycles. The van der Waals surface area contributed by atoms with Crippen molar-refractivity contribution in [2.75, 3.05) is 0 Å². The Morgan fingerprint density at radius 2 is 1.69 bits per heavy atom. The number of hydrogen-bond acceptors (Lipinski definition) is 1. The standard InChI is InChI=1S/C8H14O.2C2H6/c1-6-3-4-8(2)7(5-6)9-8;2*1-2/h6-7H,3-5H2,1-2H3;2*1-2H3. The first kappa shape index (κ1) is 13.0. The van der Waals surface area contributed by atoms with E-state index in [1.807, 2.05) is 27.7 Å². The van der Waals surface area contributed by atoms with Gasteiger partial charge in [0.05, 0.1) is 11.7 Å². The SMILES string of the molecule is CC.CC.CC1CCC2(C)OC2C1. The van der Waals surface area contributed by atoms with E-state index in [0.29, 0.717) is 11.7 Å². The molecule has 3 unspecified atom stereocenters. The summed E-state index contributed by atoms with van der Waals surface area (Å²) in [7, 11) is 0. The van der Waals surface area contributed by atoms with Crippen molar-refractivity contribution >= 4 is 0 Å². The van der Waals surface area contributed by atoms with Crippen molar-refractivity contribution < 1.29 is 4.74 Å². The molecule has 3 atom stereocenters. The highest BCUT2D eigenvalue weighted by molar-refractivity contribution is 5.02. The molecular formula is C12H26O. The summed E-state index contributed by atoms with van der Waals surface area (Å²) in [5, 5.41) is 0. The van der Waals surface area contributed by atoms with E-state index >= 15 is 0 Å². The molecule has 2 aliphatic rings. The number of fused-ring (bicyclic) bond motifs is 1. The van der Waals surface area contributed by atoms with Crippen LogP contribution in [-0.2, 0) is 4.74 Å². The first-order valence-electron chi connectivity index (χ1n) is 5.88. The Balaban J connectivity index is 0.000000322. The van der Waals surface area contributed by atoms with Crippen LogP contribution in [0.1, 0.15) is 60.8 Å².